The van der Waals surface area contributed by atoms with Gasteiger partial charge in [0.1, 0.15) is 0 Å². The molecule has 4 nitrogen and oxygen atoms in total. The molecule has 0 saturated carbocycles. The Balaban J connectivity index is 2.64. The largest absolute Gasteiger partial charge is 0.481 e. The molecule has 0 heterocycles. The van der Waals surface area contributed by atoms with E-state index in [1.807, 2.05) is 31.2 Å². The lowest BCUT2D eigenvalue weighted by molar-refractivity contribution is -0.138. The van der Waals surface area contributed by atoms with E-state index >= 15 is 0 Å². The highest BCUT2D eigenvalue weighted by atomic mass is 16.4. The maximum atomic E-state index is 10.9. The van der Waals surface area contributed by atoms with E-state index in [0.29, 0.717) is 12.8 Å². The number of hydrogen-bond donors (Lipinski definition) is 2. The molecule has 0 bridgehead atoms. The highest BCUT2D eigenvalue weighted by Crippen LogP contribution is 2.28. The van der Waals surface area contributed by atoms with Crippen molar-refractivity contribution in [2.24, 2.45) is 0 Å². The zero-order valence-electron chi connectivity index (χ0n) is 11.1. The van der Waals surface area contributed by atoms with Crippen molar-refractivity contribution in [2.45, 2.75) is 44.9 Å². The van der Waals surface area contributed by atoms with Crippen LogP contribution in [-0.4, -0.2) is 22.2 Å². The minimum absolute atomic E-state index is 0.0347. The fourth-order valence-electron chi connectivity index (χ4n) is 2.29. The zero-order valence-corrected chi connectivity index (χ0v) is 11.1. The first-order valence-electron chi connectivity index (χ1n) is 6.50. The molecule has 2 N–H and O–H groups in total. The predicted molar refractivity (Wildman–Crippen MR) is 72.3 cm³/mol. The van der Waals surface area contributed by atoms with Gasteiger partial charge in [0.25, 0.3) is 0 Å². The molecular weight excluding hydrogens is 244 g/mol. The second-order valence-corrected chi connectivity index (χ2v) is 4.79. The smallest absolute Gasteiger partial charge is 0.303 e. The second-order valence-electron chi connectivity index (χ2n) is 4.79. The van der Waals surface area contributed by atoms with Crippen LogP contribution in [0, 0.1) is 6.92 Å². The van der Waals surface area contributed by atoms with Crippen molar-refractivity contribution >= 4 is 11.9 Å². The van der Waals surface area contributed by atoms with Crippen LogP contribution in [0.4, 0.5) is 0 Å². The molecule has 19 heavy (non-hydrogen) atoms. The summed E-state index contributed by atoms with van der Waals surface area (Å²) in [6.45, 7) is 1.97. The number of hydrogen-bond acceptors (Lipinski definition) is 2. The number of aliphatic carboxylic acids is 2. The number of unbranched alkanes of at least 4 members (excludes halogenated alkanes) is 1. The van der Waals surface area contributed by atoms with Gasteiger partial charge >= 0.3 is 11.9 Å². The Morgan fingerprint density at radius 2 is 1.79 bits per heavy atom. The molecule has 0 spiro atoms. The summed E-state index contributed by atoms with van der Waals surface area (Å²) >= 11 is 0. The van der Waals surface area contributed by atoms with Gasteiger partial charge in [-0.05, 0) is 36.8 Å². The maximum Gasteiger partial charge on any atom is 0.303 e. The van der Waals surface area contributed by atoms with Crippen LogP contribution in [0.5, 0.6) is 0 Å². The molecule has 0 aliphatic heterocycles. The standard InChI is InChI=1S/C15H20O4/c1-11-6-2-4-8-13(11)12(10-15(18)19)7-3-5-9-14(16)17/h2,4,6,8,12H,3,5,7,9-10H2,1H3,(H,16,17)(H,18,19). The van der Waals surface area contributed by atoms with Crippen molar-refractivity contribution in [1.29, 1.82) is 0 Å². The Kier molecular flexibility index (Phi) is 6.06. The first-order chi connectivity index (χ1) is 9.00. The minimum atomic E-state index is -0.813. The van der Waals surface area contributed by atoms with Crippen molar-refractivity contribution in [2.75, 3.05) is 0 Å². The Bertz CT molecular complexity index is 440. The third-order valence-corrected chi connectivity index (χ3v) is 3.24. The molecule has 0 aliphatic carbocycles. The van der Waals surface area contributed by atoms with Gasteiger partial charge in [0, 0.05) is 6.42 Å². The van der Waals surface area contributed by atoms with Crippen LogP contribution >= 0.6 is 0 Å². The third-order valence-electron chi connectivity index (χ3n) is 3.24. The molecule has 104 valence electrons. The molecular formula is C15H20O4. The first-order valence-corrected chi connectivity index (χ1v) is 6.50. The van der Waals surface area contributed by atoms with E-state index in [1.165, 1.54) is 0 Å². The van der Waals surface area contributed by atoms with Gasteiger partial charge in [-0.3, -0.25) is 9.59 Å². The van der Waals surface area contributed by atoms with Crippen LogP contribution in [0.3, 0.4) is 0 Å². The van der Waals surface area contributed by atoms with Gasteiger partial charge in [-0.15, -0.1) is 0 Å². The van der Waals surface area contributed by atoms with Crippen LogP contribution < -0.4 is 0 Å². The fourth-order valence-corrected chi connectivity index (χ4v) is 2.29. The van der Waals surface area contributed by atoms with Gasteiger partial charge in [0.05, 0.1) is 6.42 Å². The molecule has 0 saturated heterocycles. The summed E-state index contributed by atoms with van der Waals surface area (Å²) in [5.41, 5.74) is 2.15. The number of benzene rings is 1. The average molecular weight is 264 g/mol. The van der Waals surface area contributed by atoms with E-state index in [4.69, 9.17) is 10.2 Å². The van der Waals surface area contributed by atoms with Crippen LogP contribution in [0.25, 0.3) is 0 Å². The number of carboxylic acids is 2. The van der Waals surface area contributed by atoms with E-state index in [9.17, 15) is 9.59 Å². The van der Waals surface area contributed by atoms with E-state index in [0.717, 1.165) is 17.5 Å². The summed E-state index contributed by atoms with van der Waals surface area (Å²) in [5.74, 6) is -1.65. The zero-order chi connectivity index (χ0) is 14.3. The van der Waals surface area contributed by atoms with Gasteiger partial charge in [-0.25, -0.2) is 0 Å². The molecule has 1 rings (SSSR count). The van der Waals surface area contributed by atoms with E-state index in [1.54, 1.807) is 0 Å². The third kappa shape index (κ3) is 5.55. The lowest BCUT2D eigenvalue weighted by Gasteiger charge is -2.17. The van der Waals surface area contributed by atoms with Gasteiger partial charge in [0.15, 0.2) is 0 Å². The van der Waals surface area contributed by atoms with Gasteiger partial charge in [-0.1, -0.05) is 30.7 Å². The summed E-state index contributed by atoms with van der Waals surface area (Å²) in [6, 6.07) is 7.77. The molecule has 0 aliphatic rings. The highest BCUT2D eigenvalue weighted by molar-refractivity contribution is 5.68. The molecule has 0 aromatic heterocycles. The molecule has 4 heteroatoms. The second kappa shape index (κ2) is 7.56. The monoisotopic (exact) mass is 264 g/mol. The van der Waals surface area contributed by atoms with Crippen molar-refractivity contribution in [1.82, 2.24) is 0 Å². The minimum Gasteiger partial charge on any atom is -0.481 e. The quantitative estimate of drug-likeness (QED) is 0.707. The number of rotatable bonds is 8. The van der Waals surface area contributed by atoms with Crippen LogP contribution in [0.2, 0.25) is 0 Å². The van der Waals surface area contributed by atoms with E-state index < -0.39 is 11.9 Å². The Labute approximate surface area is 113 Å². The SMILES string of the molecule is Cc1ccccc1C(CCCCC(=O)O)CC(=O)O. The fraction of sp³-hybridized carbons (Fsp3) is 0.467. The Morgan fingerprint density at radius 3 is 2.37 bits per heavy atom. The van der Waals surface area contributed by atoms with Crippen LogP contribution in [0.1, 0.15) is 49.1 Å². The molecule has 1 aromatic rings. The van der Waals surface area contributed by atoms with Crippen molar-refractivity contribution < 1.29 is 19.8 Å². The average Bonchev–Trinajstić information content (AvgIpc) is 2.33. The maximum absolute atomic E-state index is 10.9. The predicted octanol–water partition coefficient (Wildman–Crippen LogP) is 3.20. The summed E-state index contributed by atoms with van der Waals surface area (Å²) in [7, 11) is 0. The highest BCUT2D eigenvalue weighted by Gasteiger charge is 2.17. The van der Waals surface area contributed by atoms with Crippen LogP contribution in [0.15, 0.2) is 24.3 Å². The molecule has 1 aromatic carbocycles. The normalized spacial score (nSPS) is 12.1. The lowest BCUT2D eigenvalue weighted by Crippen LogP contribution is -2.08. The van der Waals surface area contributed by atoms with Crippen molar-refractivity contribution in [3.8, 4) is 0 Å². The number of carboxylic acid groups (broad SMARTS) is 2. The van der Waals surface area contributed by atoms with E-state index in [2.05, 4.69) is 0 Å². The lowest BCUT2D eigenvalue weighted by atomic mass is 9.88. The van der Waals surface area contributed by atoms with Crippen molar-refractivity contribution in [3.05, 3.63) is 35.4 Å². The number of aryl methyl sites for hydroxylation is 1. The van der Waals surface area contributed by atoms with Crippen molar-refractivity contribution in [3.63, 3.8) is 0 Å². The summed E-state index contributed by atoms with van der Waals surface area (Å²) in [6.07, 6.45) is 2.28. The summed E-state index contributed by atoms with van der Waals surface area (Å²) in [4.78, 5) is 21.4. The Hall–Kier alpha value is -1.84. The molecule has 0 amide bonds. The van der Waals surface area contributed by atoms with Gasteiger partial charge in [-0.2, -0.15) is 0 Å². The van der Waals surface area contributed by atoms with Gasteiger partial charge < -0.3 is 10.2 Å². The Morgan fingerprint density at radius 1 is 1.11 bits per heavy atom. The van der Waals surface area contributed by atoms with Crippen LogP contribution in [-0.2, 0) is 9.59 Å². The number of carbonyl (C=O) groups is 2. The molecule has 1 unspecified atom stereocenters. The van der Waals surface area contributed by atoms with Gasteiger partial charge in [0.2, 0.25) is 0 Å². The molecule has 1 atom stereocenters. The first kappa shape index (κ1) is 15.2. The summed E-state index contributed by atoms with van der Waals surface area (Å²) in [5, 5.41) is 17.6. The summed E-state index contributed by atoms with van der Waals surface area (Å²) < 4.78 is 0. The van der Waals surface area contributed by atoms with E-state index in [-0.39, 0.29) is 18.8 Å². The molecule has 0 radical (unpaired) electrons. The topological polar surface area (TPSA) is 74.6 Å². The molecule has 0 fully saturated rings.